The predicted octanol–water partition coefficient (Wildman–Crippen LogP) is 3.94. The first kappa shape index (κ1) is 19.3. The highest BCUT2D eigenvalue weighted by Crippen LogP contribution is 2.58. The fourth-order valence-electron chi connectivity index (χ4n) is 4.00. The molecule has 0 spiro atoms. The Balaban J connectivity index is 1.62. The monoisotopic (exact) mass is 384 g/mol. The molecule has 2 aliphatic rings. The van der Waals surface area contributed by atoms with Gasteiger partial charge in [-0.25, -0.2) is 4.39 Å². The molecule has 2 aromatic rings. The Labute approximate surface area is 165 Å². The van der Waals surface area contributed by atoms with Gasteiger partial charge in [0.2, 0.25) is 0 Å². The lowest BCUT2D eigenvalue weighted by molar-refractivity contribution is 0.00578. The van der Waals surface area contributed by atoms with Crippen LogP contribution in [0.4, 0.5) is 4.39 Å². The van der Waals surface area contributed by atoms with E-state index in [0.29, 0.717) is 11.3 Å². The number of hydrogen-bond acceptors (Lipinski definition) is 4. The molecule has 2 aromatic heterocycles. The Bertz CT molecular complexity index is 965. The van der Waals surface area contributed by atoms with Crippen LogP contribution < -0.4 is 5.56 Å². The molecule has 1 aliphatic carbocycles. The van der Waals surface area contributed by atoms with Gasteiger partial charge >= 0.3 is 7.12 Å². The highest BCUT2D eigenvalue weighted by atomic mass is 19.1. The molecule has 0 aromatic carbocycles. The van der Waals surface area contributed by atoms with Crippen molar-refractivity contribution >= 4 is 7.12 Å². The molecule has 1 saturated carbocycles. The van der Waals surface area contributed by atoms with E-state index in [0.717, 1.165) is 18.2 Å². The van der Waals surface area contributed by atoms with E-state index in [1.165, 1.54) is 4.57 Å². The summed E-state index contributed by atoms with van der Waals surface area (Å²) in [5.74, 6) is -0.0475. The molecule has 28 heavy (non-hydrogen) atoms. The van der Waals surface area contributed by atoms with Gasteiger partial charge in [-0.3, -0.25) is 14.3 Å². The summed E-state index contributed by atoms with van der Waals surface area (Å²) >= 11 is 0. The SMILES string of the molecule is Cc1cncc(F)c1-n1c(C)cc([C@H]2C[C@@H]2B2OC(C)(C)C(C)(C)O2)cc1=O. The van der Waals surface area contributed by atoms with Gasteiger partial charge in [0, 0.05) is 23.8 Å². The van der Waals surface area contributed by atoms with E-state index >= 15 is 0 Å². The lowest BCUT2D eigenvalue weighted by atomic mass is 9.79. The first-order chi connectivity index (χ1) is 13.0. The molecule has 3 heterocycles. The lowest BCUT2D eigenvalue weighted by Gasteiger charge is -2.32. The summed E-state index contributed by atoms with van der Waals surface area (Å²) < 4.78 is 28.1. The van der Waals surface area contributed by atoms with E-state index in [2.05, 4.69) is 4.98 Å². The van der Waals surface area contributed by atoms with Crippen LogP contribution in [0.3, 0.4) is 0 Å². The number of pyridine rings is 2. The minimum atomic E-state index is -0.500. The predicted molar refractivity (Wildman–Crippen MR) is 106 cm³/mol. The lowest BCUT2D eigenvalue weighted by Crippen LogP contribution is -2.41. The topological polar surface area (TPSA) is 53.4 Å². The minimum absolute atomic E-state index is 0.221. The second kappa shape index (κ2) is 6.26. The van der Waals surface area contributed by atoms with Crippen LogP contribution in [-0.2, 0) is 9.31 Å². The zero-order valence-corrected chi connectivity index (χ0v) is 17.2. The molecule has 0 radical (unpaired) electrons. The van der Waals surface area contributed by atoms with Crippen LogP contribution in [0, 0.1) is 19.7 Å². The van der Waals surface area contributed by atoms with Crippen molar-refractivity contribution < 1.29 is 13.7 Å². The number of aryl methyl sites for hydroxylation is 2. The minimum Gasteiger partial charge on any atom is -0.403 e. The van der Waals surface area contributed by atoms with Crippen molar-refractivity contribution in [1.82, 2.24) is 9.55 Å². The van der Waals surface area contributed by atoms with Gasteiger partial charge in [0.1, 0.15) is 0 Å². The normalized spacial score (nSPS) is 25.2. The average Bonchev–Trinajstić information content (AvgIpc) is 3.32. The van der Waals surface area contributed by atoms with E-state index in [4.69, 9.17) is 9.31 Å². The van der Waals surface area contributed by atoms with Crippen LogP contribution in [0.1, 0.15) is 56.9 Å². The third-order valence-electron chi connectivity index (χ3n) is 6.41. The van der Waals surface area contributed by atoms with Crippen LogP contribution in [0.25, 0.3) is 5.69 Å². The van der Waals surface area contributed by atoms with Crippen molar-refractivity contribution in [3.8, 4) is 5.69 Å². The second-order valence-corrected chi connectivity index (χ2v) is 9.02. The smallest absolute Gasteiger partial charge is 0.403 e. The number of nitrogens with zero attached hydrogens (tertiary/aromatic N) is 2. The number of hydrogen-bond donors (Lipinski definition) is 0. The number of aromatic nitrogens is 2. The van der Waals surface area contributed by atoms with Gasteiger partial charge in [-0.2, -0.15) is 0 Å². The standard InChI is InChI=1S/C21H26BFN2O3/c1-12-10-24-11-17(23)19(12)25-13(2)7-14(8-18(25)26)15-9-16(15)22-27-20(3,4)21(5,6)28-22/h7-8,10-11,15-16H,9H2,1-6H3/t15-,16+/m1/s1. The van der Waals surface area contributed by atoms with Gasteiger partial charge in [0.15, 0.2) is 5.82 Å². The average molecular weight is 384 g/mol. The van der Waals surface area contributed by atoms with Crippen molar-refractivity contribution in [2.75, 3.05) is 0 Å². The zero-order chi connectivity index (χ0) is 20.4. The molecular formula is C21H26BFN2O3. The fourth-order valence-corrected chi connectivity index (χ4v) is 4.00. The summed E-state index contributed by atoms with van der Waals surface area (Å²) in [6.07, 6.45) is 3.62. The van der Waals surface area contributed by atoms with E-state index in [-0.39, 0.29) is 41.3 Å². The molecular weight excluding hydrogens is 358 g/mol. The first-order valence-corrected chi connectivity index (χ1v) is 9.71. The van der Waals surface area contributed by atoms with Gasteiger partial charge in [-0.15, -0.1) is 0 Å². The van der Waals surface area contributed by atoms with Gasteiger partial charge < -0.3 is 9.31 Å². The molecule has 0 unspecified atom stereocenters. The summed E-state index contributed by atoms with van der Waals surface area (Å²) in [4.78, 5) is 16.7. The molecule has 2 atom stereocenters. The molecule has 148 valence electrons. The summed E-state index contributed by atoms with van der Waals surface area (Å²) in [7, 11) is -0.266. The fraction of sp³-hybridized carbons (Fsp3) is 0.524. The number of halogens is 1. The van der Waals surface area contributed by atoms with Crippen molar-refractivity contribution in [1.29, 1.82) is 0 Å². The maximum atomic E-state index is 14.3. The molecule has 0 bridgehead atoms. The third kappa shape index (κ3) is 3.01. The van der Waals surface area contributed by atoms with Gasteiger partial charge in [0.05, 0.1) is 23.1 Å². The Morgan fingerprint density at radius 2 is 1.79 bits per heavy atom. The maximum Gasteiger partial charge on any atom is 0.461 e. The molecule has 0 amide bonds. The molecule has 2 fully saturated rings. The summed E-state index contributed by atoms with van der Waals surface area (Å²) in [6, 6.07) is 3.58. The van der Waals surface area contributed by atoms with Crippen LogP contribution in [-0.4, -0.2) is 27.9 Å². The van der Waals surface area contributed by atoms with Crippen molar-refractivity contribution in [2.45, 2.75) is 70.9 Å². The van der Waals surface area contributed by atoms with Crippen LogP contribution in [0.5, 0.6) is 0 Å². The van der Waals surface area contributed by atoms with Crippen LogP contribution in [0.2, 0.25) is 5.82 Å². The molecule has 1 aliphatic heterocycles. The highest BCUT2D eigenvalue weighted by molar-refractivity contribution is 6.49. The van der Waals surface area contributed by atoms with Crippen molar-refractivity contribution in [2.24, 2.45) is 0 Å². The molecule has 7 heteroatoms. The summed E-state index contributed by atoms with van der Waals surface area (Å²) in [5, 5.41) is 0. The second-order valence-electron chi connectivity index (χ2n) is 9.02. The van der Waals surface area contributed by atoms with Crippen LogP contribution in [0.15, 0.2) is 29.3 Å². The van der Waals surface area contributed by atoms with E-state index in [1.54, 1.807) is 19.2 Å². The summed E-state index contributed by atoms with van der Waals surface area (Å²) in [6.45, 7) is 11.8. The van der Waals surface area contributed by atoms with E-state index < -0.39 is 5.82 Å². The van der Waals surface area contributed by atoms with Gasteiger partial charge in [-0.05, 0) is 71.1 Å². The molecule has 1 saturated heterocycles. The number of rotatable bonds is 3. The Morgan fingerprint density at radius 1 is 1.14 bits per heavy atom. The Hall–Kier alpha value is -1.99. The maximum absolute atomic E-state index is 14.3. The zero-order valence-electron chi connectivity index (χ0n) is 17.2. The Kier molecular flexibility index (Phi) is 4.32. The third-order valence-corrected chi connectivity index (χ3v) is 6.41. The molecule has 5 nitrogen and oxygen atoms in total. The summed E-state index contributed by atoms with van der Waals surface area (Å²) in [5.41, 5.74) is 1.60. The van der Waals surface area contributed by atoms with Crippen molar-refractivity contribution in [3.63, 3.8) is 0 Å². The molecule has 4 rings (SSSR count). The van der Waals surface area contributed by atoms with Gasteiger partial charge in [0.25, 0.3) is 5.56 Å². The largest absolute Gasteiger partial charge is 0.461 e. The van der Waals surface area contributed by atoms with E-state index in [1.807, 2.05) is 40.7 Å². The highest BCUT2D eigenvalue weighted by Gasteiger charge is 2.59. The van der Waals surface area contributed by atoms with Gasteiger partial charge in [-0.1, -0.05) is 0 Å². The van der Waals surface area contributed by atoms with Crippen molar-refractivity contribution in [3.05, 3.63) is 57.5 Å². The Morgan fingerprint density at radius 3 is 2.36 bits per heavy atom. The molecule has 0 N–H and O–H groups in total. The first-order valence-electron chi connectivity index (χ1n) is 9.71. The van der Waals surface area contributed by atoms with E-state index in [9.17, 15) is 9.18 Å². The van der Waals surface area contributed by atoms with Crippen LogP contribution >= 0.6 is 0 Å². The quantitative estimate of drug-likeness (QED) is 0.753.